The van der Waals surface area contributed by atoms with Gasteiger partial charge in [-0.05, 0) is 12.1 Å². The van der Waals surface area contributed by atoms with Crippen molar-refractivity contribution in [2.75, 3.05) is 13.7 Å². The van der Waals surface area contributed by atoms with Gasteiger partial charge in [-0.25, -0.2) is 0 Å². The molecule has 0 aliphatic rings. The summed E-state index contributed by atoms with van der Waals surface area (Å²) in [6.45, 7) is 0.0730. The minimum Gasteiger partial charge on any atom is -0.377 e. The van der Waals surface area contributed by atoms with Crippen molar-refractivity contribution in [2.24, 2.45) is 0 Å². The number of nitrogens with zero attached hydrogens (tertiary/aromatic N) is 1. The van der Waals surface area contributed by atoms with Crippen LogP contribution < -0.4 is 0 Å². The van der Waals surface area contributed by atoms with E-state index < -0.39 is 0 Å². The molecule has 0 spiro atoms. The number of hydrogen-bond acceptors (Lipinski definition) is 4. The zero-order valence-electron chi connectivity index (χ0n) is 8.60. The van der Waals surface area contributed by atoms with Gasteiger partial charge in [-0.1, -0.05) is 0 Å². The Morgan fingerprint density at radius 1 is 1.27 bits per heavy atom. The van der Waals surface area contributed by atoms with E-state index in [0.717, 1.165) is 0 Å². The van der Waals surface area contributed by atoms with Crippen molar-refractivity contribution in [3.05, 3.63) is 30.1 Å². The highest BCUT2D eigenvalue weighted by molar-refractivity contribution is 5.98. The van der Waals surface area contributed by atoms with Crippen molar-refractivity contribution < 1.29 is 14.3 Å². The number of Topliss-reactive ketones (excluding diaryl/α,β-unsaturated/α-hetero) is 2. The van der Waals surface area contributed by atoms with Gasteiger partial charge in [0.15, 0.2) is 11.6 Å². The fourth-order valence-electron chi connectivity index (χ4n) is 1.17. The molecule has 4 nitrogen and oxygen atoms in total. The predicted octanol–water partition coefficient (Wildman–Crippen LogP) is 1.26. The molecule has 0 aliphatic heterocycles. The maximum absolute atomic E-state index is 11.5. The average Bonchev–Trinajstić information content (AvgIpc) is 2.27. The maximum atomic E-state index is 11.5. The molecule has 1 aromatic heterocycles. The number of carbonyl (C=O) groups is 2. The number of rotatable bonds is 6. The molecular formula is C11H13NO3. The van der Waals surface area contributed by atoms with Crippen LogP contribution >= 0.6 is 0 Å². The minimum atomic E-state index is -0.0556. The lowest BCUT2D eigenvalue weighted by Crippen LogP contribution is -2.09. The lowest BCUT2D eigenvalue weighted by Gasteiger charge is -2.00. The first-order valence-corrected chi connectivity index (χ1v) is 4.68. The van der Waals surface area contributed by atoms with E-state index in [1.807, 2.05) is 0 Å². The number of aromatic nitrogens is 1. The molecular weight excluding hydrogens is 194 g/mol. The second kappa shape index (κ2) is 6.03. The summed E-state index contributed by atoms with van der Waals surface area (Å²) in [4.78, 5) is 26.4. The molecule has 0 saturated heterocycles. The summed E-state index contributed by atoms with van der Waals surface area (Å²) in [6, 6.07) is 3.28. The Balaban J connectivity index is 2.40. The van der Waals surface area contributed by atoms with E-state index in [1.54, 1.807) is 24.5 Å². The lowest BCUT2D eigenvalue weighted by molar-refractivity contribution is -0.122. The van der Waals surface area contributed by atoms with Gasteiger partial charge in [-0.15, -0.1) is 0 Å². The summed E-state index contributed by atoms with van der Waals surface area (Å²) in [7, 11) is 1.46. The highest BCUT2D eigenvalue weighted by Gasteiger charge is 2.08. The van der Waals surface area contributed by atoms with Gasteiger partial charge >= 0.3 is 0 Å². The van der Waals surface area contributed by atoms with Gasteiger partial charge < -0.3 is 4.74 Å². The zero-order valence-corrected chi connectivity index (χ0v) is 8.60. The van der Waals surface area contributed by atoms with Crippen molar-refractivity contribution in [1.82, 2.24) is 4.98 Å². The standard InChI is InChI=1S/C11H13NO3/c1-15-8-10(13)2-3-11(14)9-4-6-12-7-5-9/h4-7H,2-3,8H2,1H3. The summed E-state index contributed by atoms with van der Waals surface area (Å²) in [6.07, 6.45) is 3.58. The second-order valence-electron chi connectivity index (χ2n) is 3.13. The van der Waals surface area contributed by atoms with Crippen LogP contribution in [-0.4, -0.2) is 30.3 Å². The summed E-state index contributed by atoms with van der Waals surface area (Å²) >= 11 is 0. The van der Waals surface area contributed by atoms with Gasteiger partial charge in [-0.3, -0.25) is 14.6 Å². The molecule has 0 aromatic carbocycles. The van der Waals surface area contributed by atoms with Crippen LogP contribution in [0, 0.1) is 0 Å². The van der Waals surface area contributed by atoms with Gasteiger partial charge in [0, 0.05) is 37.9 Å². The Kier molecular flexibility index (Phi) is 4.63. The van der Waals surface area contributed by atoms with Crippen LogP contribution in [0.15, 0.2) is 24.5 Å². The van der Waals surface area contributed by atoms with Crippen LogP contribution in [0.5, 0.6) is 0 Å². The second-order valence-corrected chi connectivity index (χ2v) is 3.13. The van der Waals surface area contributed by atoms with Crippen LogP contribution in [0.1, 0.15) is 23.2 Å². The fraction of sp³-hybridized carbons (Fsp3) is 0.364. The van der Waals surface area contributed by atoms with Crippen LogP contribution in [0.3, 0.4) is 0 Å². The number of ketones is 2. The molecule has 0 saturated carbocycles. The summed E-state index contributed by atoms with van der Waals surface area (Å²) < 4.78 is 4.67. The smallest absolute Gasteiger partial charge is 0.163 e. The molecule has 1 rings (SSSR count). The van der Waals surface area contributed by atoms with E-state index in [1.165, 1.54) is 7.11 Å². The predicted molar refractivity (Wildman–Crippen MR) is 54.7 cm³/mol. The molecule has 0 N–H and O–H groups in total. The third kappa shape index (κ3) is 3.99. The molecule has 0 unspecified atom stereocenters. The summed E-state index contributed by atoms with van der Waals surface area (Å²) in [5.74, 6) is -0.0956. The van der Waals surface area contributed by atoms with E-state index in [2.05, 4.69) is 9.72 Å². The first-order valence-electron chi connectivity index (χ1n) is 4.68. The van der Waals surface area contributed by atoms with Crippen molar-refractivity contribution in [2.45, 2.75) is 12.8 Å². The summed E-state index contributed by atoms with van der Waals surface area (Å²) in [5, 5.41) is 0. The third-order valence-electron chi connectivity index (χ3n) is 1.94. The monoisotopic (exact) mass is 207 g/mol. The Morgan fingerprint density at radius 3 is 2.53 bits per heavy atom. The first kappa shape index (κ1) is 11.5. The largest absolute Gasteiger partial charge is 0.377 e. The highest BCUT2D eigenvalue weighted by atomic mass is 16.5. The number of carbonyl (C=O) groups excluding carboxylic acids is 2. The van der Waals surface area contributed by atoms with Crippen LogP contribution in [0.2, 0.25) is 0 Å². The Labute approximate surface area is 88.3 Å². The summed E-state index contributed by atoms with van der Waals surface area (Å²) in [5.41, 5.74) is 0.593. The first-order chi connectivity index (χ1) is 7.24. The van der Waals surface area contributed by atoms with Crippen molar-refractivity contribution in [1.29, 1.82) is 0 Å². The number of hydrogen-bond donors (Lipinski definition) is 0. The van der Waals surface area contributed by atoms with Crippen molar-refractivity contribution in [3.8, 4) is 0 Å². The van der Waals surface area contributed by atoms with E-state index in [0.29, 0.717) is 5.56 Å². The molecule has 1 heterocycles. The van der Waals surface area contributed by atoms with Gasteiger partial charge in [0.05, 0.1) is 0 Å². The molecule has 4 heteroatoms. The van der Waals surface area contributed by atoms with Gasteiger partial charge in [-0.2, -0.15) is 0 Å². The molecule has 0 fully saturated rings. The third-order valence-corrected chi connectivity index (χ3v) is 1.94. The van der Waals surface area contributed by atoms with Crippen LogP contribution in [0.25, 0.3) is 0 Å². The molecule has 0 bridgehead atoms. The number of methoxy groups -OCH3 is 1. The van der Waals surface area contributed by atoms with E-state index in [-0.39, 0.29) is 31.0 Å². The maximum Gasteiger partial charge on any atom is 0.163 e. The Bertz CT molecular complexity index is 335. The lowest BCUT2D eigenvalue weighted by atomic mass is 10.1. The molecule has 0 amide bonds. The molecule has 0 aliphatic carbocycles. The Morgan fingerprint density at radius 2 is 1.93 bits per heavy atom. The average molecular weight is 207 g/mol. The highest BCUT2D eigenvalue weighted by Crippen LogP contribution is 2.04. The molecule has 0 radical (unpaired) electrons. The Hall–Kier alpha value is -1.55. The van der Waals surface area contributed by atoms with Gasteiger partial charge in [0.1, 0.15) is 6.61 Å². The molecule has 0 atom stereocenters. The van der Waals surface area contributed by atoms with E-state index in [4.69, 9.17) is 0 Å². The molecule has 1 aromatic rings. The van der Waals surface area contributed by atoms with Crippen molar-refractivity contribution in [3.63, 3.8) is 0 Å². The normalized spacial score (nSPS) is 9.93. The minimum absolute atomic E-state index is 0.0400. The van der Waals surface area contributed by atoms with Gasteiger partial charge in [0.25, 0.3) is 0 Å². The SMILES string of the molecule is COCC(=O)CCC(=O)c1ccncc1. The number of pyridine rings is 1. The quantitative estimate of drug-likeness (QED) is 0.659. The van der Waals surface area contributed by atoms with Gasteiger partial charge in [0.2, 0.25) is 0 Å². The van der Waals surface area contributed by atoms with Crippen molar-refractivity contribution >= 4 is 11.6 Å². The fourth-order valence-corrected chi connectivity index (χ4v) is 1.17. The zero-order chi connectivity index (χ0) is 11.1. The van der Waals surface area contributed by atoms with E-state index >= 15 is 0 Å². The molecule has 80 valence electrons. The topological polar surface area (TPSA) is 56.3 Å². The van der Waals surface area contributed by atoms with Crippen LogP contribution in [0.4, 0.5) is 0 Å². The van der Waals surface area contributed by atoms with Crippen LogP contribution in [-0.2, 0) is 9.53 Å². The molecule has 15 heavy (non-hydrogen) atoms. The van der Waals surface area contributed by atoms with E-state index in [9.17, 15) is 9.59 Å². The number of ether oxygens (including phenoxy) is 1.